The number of ether oxygens (including phenoxy) is 1. The largest absolute Gasteiger partial charge is 0.366 e. The van der Waals surface area contributed by atoms with Gasteiger partial charge < -0.3 is 9.30 Å². The molecule has 0 aromatic heterocycles. The van der Waals surface area contributed by atoms with Crippen LogP contribution in [0.25, 0.3) is 0 Å². The average Bonchev–Trinajstić information content (AvgIpc) is 2.74. The molecular weight excluding hydrogens is 355 g/mol. The minimum atomic E-state index is -3.06. The molecule has 0 saturated heterocycles. The number of benzene rings is 3. The standard InChI is InChI=1S/C23H23O3P/c1-19(26-17-20-11-5-2-6-12-20)23(24)18-27(25,21-13-7-3-8-14-21)22-15-9-4-10-16-22/h2-16,19H,17-18H2,1H3/t19-/m0/s1. The van der Waals surface area contributed by atoms with Gasteiger partial charge in [-0.25, -0.2) is 0 Å². The van der Waals surface area contributed by atoms with Crippen molar-refractivity contribution >= 4 is 23.5 Å². The lowest BCUT2D eigenvalue weighted by molar-refractivity contribution is -0.127. The summed E-state index contributed by atoms with van der Waals surface area (Å²) in [7, 11) is -3.06. The smallest absolute Gasteiger partial charge is 0.169 e. The summed E-state index contributed by atoms with van der Waals surface area (Å²) >= 11 is 0. The number of carbonyl (C=O) groups is 1. The van der Waals surface area contributed by atoms with E-state index in [-0.39, 0.29) is 11.9 Å². The van der Waals surface area contributed by atoms with Crippen molar-refractivity contribution in [3.8, 4) is 0 Å². The van der Waals surface area contributed by atoms with Crippen LogP contribution in [0.4, 0.5) is 0 Å². The maximum Gasteiger partial charge on any atom is 0.169 e. The molecule has 0 aliphatic rings. The number of carbonyl (C=O) groups excluding carboxylic acids is 1. The molecule has 0 heterocycles. The second kappa shape index (κ2) is 8.94. The van der Waals surface area contributed by atoms with Crippen LogP contribution in [0.15, 0.2) is 91.0 Å². The summed E-state index contributed by atoms with van der Waals surface area (Å²) in [5.74, 6) is -0.151. The lowest BCUT2D eigenvalue weighted by atomic mass is 10.2. The molecular formula is C23H23O3P. The van der Waals surface area contributed by atoms with E-state index in [1.165, 1.54) is 0 Å². The molecule has 0 amide bonds. The molecule has 0 aliphatic carbocycles. The Morgan fingerprint density at radius 1 is 0.815 bits per heavy atom. The van der Waals surface area contributed by atoms with Crippen LogP contribution in [0.1, 0.15) is 12.5 Å². The number of hydrogen-bond acceptors (Lipinski definition) is 3. The highest BCUT2D eigenvalue weighted by Gasteiger charge is 2.32. The normalized spacial score (nSPS) is 12.5. The van der Waals surface area contributed by atoms with Crippen LogP contribution in [0.2, 0.25) is 0 Å². The molecule has 3 nitrogen and oxygen atoms in total. The number of hydrogen-bond donors (Lipinski definition) is 0. The van der Waals surface area contributed by atoms with Gasteiger partial charge >= 0.3 is 0 Å². The molecule has 0 radical (unpaired) electrons. The first kappa shape index (κ1) is 19.3. The van der Waals surface area contributed by atoms with E-state index in [1.807, 2.05) is 91.0 Å². The maximum absolute atomic E-state index is 13.9. The third kappa shape index (κ3) is 4.82. The van der Waals surface area contributed by atoms with E-state index in [1.54, 1.807) is 6.92 Å². The number of ketones is 1. The van der Waals surface area contributed by atoms with Crippen LogP contribution in [0, 0.1) is 0 Å². The number of Topliss-reactive ketones (excluding diaryl/α,β-unsaturated/α-hetero) is 1. The van der Waals surface area contributed by atoms with Crippen molar-refractivity contribution < 1.29 is 14.1 Å². The molecule has 27 heavy (non-hydrogen) atoms. The van der Waals surface area contributed by atoms with Gasteiger partial charge in [0.15, 0.2) is 5.78 Å². The third-order valence-corrected chi connectivity index (χ3v) is 7.54. The van der Waals surface area contributed by atoms with E-state index >= 15 is 0 Å². The topological polar surface area (TPSA) is 43.4 Å². The molecule has 0 spiro atoms. The van der Waals surface area contributed by atoms with Gasteiger partial charge in [0.1, 0.15) is 13.2 Å². The zero-order valence-electron chi connectivity index (χ0n) is 15.3. The van der Waals surface area contributed by atoms with Crippen molar-refractivity contribution in [2.24, 2.45) is 0 Å². The SMILES string of the molecule is C[C@H](OCc1ccccc1)C(=O)CP(=O)(c1ccccc1)c1ccccc1. The van der Waals surface area contributed by atoms with E-state index in [9.17, 15) is 9.36 Å². The van der Waals surface area contributed by atoms with Gasteiger partial charge in [0.25, 0.3) is 0 Å². The Hall–Kier alpha value is -2.48. The fourth-order valence-electron chi connectivity index (χ4n) is 2.91. The van der Waals surface area contributed by atoms with E-state index < -0.39 is 13.2 Å². The Bertz CT molecular complexity index is 865. The Balaban J connectivity index is 1.78. The molecule has 1 atom stereocenters. The van der Waals surface area contributed by atoms with E-state index in [0.29, 0.717) is 17.2 Å². The maximum atomic E-state index is 13.9. The van der Waals surface area contributed by atoms with Crippen LogP contribution in [0.3, 0.4) is 0 Å². The summed E-state index contributed by atoms with van der Waals surface area (Å²) in [6, 6.07) is 28.2. The fourth-order valence-corrected chi connectivity index (χ4v) is 5.57. The van der Waals surface area contributed by atoms with Crippen molar-refractivity contribution in [3.05, 3.63) is 96.6 Å². The lowest BCUT2D eigenvalue weighted by Crippen LogP contribution is -2.29. The van der Waals surface area contributed by atoms with Gasteiger partial charge in [-0.15, -0.1) is 0 Å². The molecule has 0 aliphatic heterocycles. The Kier molecular flexibility index (Phi) is 6.39. The minimum absolute atomic E-state index is 0.0447. The second-order valence-electron chi connectivity index (χ2n) is 6.47. The third-order valence-electron chi connectivity index (χ3n) is 4.52. The highest BCUT2D eigenvalue weighted by molar-refractivity contribution is 7.79. The van der Waals surface area contributed by atoms with E-state index in [4.69, 9.17) is 4.74 Å². The molecule has 138 valence electrons. The first-order valence-corrected chi connectivity index (χ1v) is 10.9. The molecule has 3 aromatic rings. The van der Waals surface area contributed by atoms with Gasteiger partial charge in [-0.1, -0.05) is 91.0 Å². The molecule has 0 N–H and O–H groups in total. The quantitative estimate of drug-likeness (QED) is 0.553. The highest BCUT2D eigenvalue weighted by atomic mass is 31.2. The van der Waals surface area contributed by atoms with Gasteiger partial charge in [-0.3, -0.25) is 4.79 Å². The van der Waals surface area contributed by atoms with Crippen molar-refractivity contribution in [2.75, 3.05) is 6.16 Å². The van der Waals surface area contributed by atoms with Crippen LogP contribution in [-0.4, -0.2) is 18.0 Å². The average molecular weight is 378 g/mol. The van der Waals surface area contributed by atoms with Gasteiger partial charge in [0.05, 0.1) is 12.8 Å². The zero-order valence-corrected chi connectivity index (χ0v) is 16.2. The fraction of sp³-hybridized carbons (Fsp3) is 0.174. The van der Waals surface area contributed by atoms with Crippen LogP contribution < -0.4 is 10.6 Å². The van der Waals surface area contributed by atoms with E-state index in [0.717, 1.165) is 5.56 Å². The van der Waals surface area contributed by atoms with Gasteiger partial charge in [0, 0.05) is 10.6 Å². The molecule has 0 unspecified atom stereocenters. The predicted octanol–water partition coefficient (Wildman–Crippen LogP) is 4.17. The second-order valence-corrected chi connectivity index (χ2v) is 9.30. The van der Waals surface area contributed by atoms with Crippen molar-refractivity contribution in [2.45, 2.75) is 19.6 Å². The lowest BCUT2D eigenvalue weighted by Gasteiger charge is -2.21. The Morgan fingerprint density at radius 3 is 1.74 bits per heavy atom. The van der Waals surface area contributed by atoms with Gasteiger partial charge in [0.2, 0.25) is 0 Å². The van der Waals surface area contributed by atoms with Crippen molar-refractivity contribution in [1.29, 1.82) is 0 Å². The molecule has 4 heteroatoms. The van der Waals surface area contributed by atoms with Gasteiger partial charge in [-0.2, -0.15) is 0 Å². The molecule has 3 rings (SSSR count). The summed E-state index contributed by atoms with van der Waals surface area (Å²) in [4.78, 5) is 12.8. The molecule has 0 fully saturated rings. The van der Waals surface area contributed by atoms with Crippen molar-refractivity contribution in [3.63, 3.8) is 0 Å². The first-order chi connectivity index (χ1) is 13.1. The van der Waals surface area contributed by atoms with Gasteiger partial charge in [-0.05, 0) is 12.5 Å². The Labute approximate surface area is 160 Å². The summed E-state index contributed by atoms with van der Waals surface area (Å²) in [6.45, 7) is 2.08. The van der Waals surface area contributed by atoms with Crippen LogP contribution >= 0.6 is 7.14 Å². The predicted molar refractivity (Wildman–Crippen MR) is 110 cm³/mol. The summed E-state index contributed by atoms with van der Waals surface area (Å²) in [5.41, 5.74) is 1.01. The summed E-state index contributed by atoms with van der Waals surface area (Å²) in [6.07, 6.45) is -0.664. The Morgan fingerprint density at radius 2 is 1.26 bits per heavy atom. The monoisotopic (exact) mass is 378 g/mol. The molecule has 0 bridgehead atoms. The zero-order chi connectivity index (χ0) is 19.1. The summed E-state index contributed by atoms with van der Waals surface area (Å²) in [5, 5.41) is 1.39. The van der Waals surface area contributed by atoms with E-state index in [2.05, 4.69) is 0 Å². The first-order valence-electron chi connectivity index (χ1n) is 8.98. The molecule has 3 aromatic carbocycles. The number of rotatable bonds is 8. The highest BCUT2D eigenvalue weighted by Crippen LogP contribution is 2.43. The van der Waals surface area contributed by atoms with Crippen molar-refractivity contribution in [1.82, 2.24) is 0 Å². The minimum Gasteiger partial charge on any atom is -0.366 e. The van der Waals surface area contributed by atoms with Crippen LogP contribution in [-0.2, 0) is 20.7 Å². The van der Waals surface area contributed by atoms with Crippen LogP contribution in [0.5, 0.6) is 0 Å². The summed E-state index contributed by atoms with van der Waals surface area (Å²) < 4.78 is 19.7. The molecule has 0 saturated carbocycles.